The van der Waals surface area contributed by atoms with Crippen molar-refractivity contribution in [3.63, 3.8) is 0 Å². The number of carbonyl (C=O) groups excluding carboxylic acids is 1. The first-order chi connectivity index (χ1) is 8.54. The Labute approximate surface area is 105 Å². The number of nitrogens with zero attached hydrogens (tertiary/aromatic N) is 3. The Hall–Kier alpha value is -2.11. The number of likely N-dealkylation sites (N-methyl/N-ethyl adjacent to an activating group) is 1. The zero-order chi connectivity index (χ0) is 13.3. The first kappa shape index (κ1) is 12.3. The van der Waals surface area contributed by atoms with Crippen LogP contribution < -0.4 is 11.1 Å². The van der Waals surface area contributed by atoms with Crippen molar-refractivity contribution in [2.75, 3.05) is 12.3 Å². The molecule has 6 nitrogen and oxygen atoms in total. The number of hydrogen-bond acceptors (Lipinski definition) is 4. The summed E-state index contributed by atoms with van der Waals surface area (Å²) in [7, 11) is 0. The van der Waals surface area contributed by atoms with E-state index in [1.807, 2.05) is 26.0 Å². The van der Waals surface area contributed by atoms with Crippen molar-refractivity contribution in [3.8, 4) is 0 Å². The maximum absolute atomic E-state index is 11.9. The van der Waals surface area contributed by atoms with Crippen LogP contribution in [-0.4, -0.2) is 27.0 Å². The van der Waals surface area contributed by atoms with Gasteiger partial charge < -0.3 is 11.1 Å². The molecule has 2 aromatic heterocycles. The van der Waals surface area contributed by atoms with Crippen LogP contribution in [0.3, 0.4) is 0 Å². The minimum atomic E-state index is -0.427. The van der Waals surface area contributed by atoms with Crippen LogP contribution in [0, 0.1) is 6.92 Å². The average molecular weight is 247 g/mol. The third-order valence-corrected chi connectivity index (χ3v) is 2.82. The minimum Gasteiger partial charge on any atom is -0.369 e. The van der Waals surface area contributed by atoms with Gasteiger partial charge in [-0.05, 0) is 32.9 Å². The summed E-state index contributed by atoms with van der Waals surface area (Å²) in [6.45, 7) is 6.14. The topological polar surface area (TPSA) is 85.8 Å². The quantitative estimate of drug-likeness (QED) is 0.847. The molecule has 0 radical (unpaired) electrons. The van der Waals surface area contributed by atoms with Crippen molar-refractivity contribution in [2.45, 2.75) is 26.8 Å². The predicted octanol–water partition coefficient (Wildman–Crippen LogP) is 1.02. The minimum absolute atomic E-state index is 0.0909. The van der Waals surface area contributed by atoms with Gasteiger partial charge in [-0.1, -0.05) is 0 Å². The van der Waals surface area contributed by atoms with Gasteiger partial charge in [0.05, 0.1) is 0 Å². The molecule has 1 unspecified atom stereocenters. The van der Waals surface area contributed by atoms with E-state index >= 15 is 0 Å². The van der Waals surface area contributed by atoms with Crippen molar-refractivity contribution >= 4 is 23.0 Å². The van der Waals surface area contributed by atoms with E-state index in [4.69, 9.17) is 5.73 Å². The summed E-state index contributed by atoms with van der Waals surface area (Å²) in [5.41, 5.74) is 8.09. The number of rotatable bonds is 3. The lowest BCUT2D eigenvalue weighted by molar-refractivity contribution is -0.123. The normalized spacial score (nSPS) is 12.6. The molecular formula is C12H17N5O. The first-order valence-corrected chi connectivity index (χ1v) is 5.93. The van der Waals surface area contributed by atoms with E-state index in [9.17, 15) is 4.79 Å². The van der Waals surface area contributed by atoms with Gasteiger partial charge in [-0.25, -0.2) is 9.97 Å². The molecule has 0 aromatic carbocycles. The lowest BCUT2D eigenvalue weighted by Gasteiger charge is -2.14. The molecule has 2 rings (SSSR count). The highest BCUT2D eigenvalue weighted by atomic mass is 16.2. The molecule has 2 heterocycles. The molecule has 0 fully saturated rings. The van der Waals surface area contributed by atoms with Gasteiger partial charge in [-0.15, -0.1) is 0 Å². The molecule has 0 bridgehead atoms. The molecule has 18 heavy (non-hydrogen) atoms. The number of nitrogen functional groups attached to an aromatic ring is 1. The van der Waals surface area contributed by atoms with Gasteiger partial charge in [0.25, 0.3) is 0 Å². The molecule has 96 valence electrons. The third-order valence-electron chi connectivity index (χ3n) is 2.82. The van der Waals surface area contributed by atoms with E-state index in [1.165, 1.54) is 0 Å². The lowest BCUT2D eigenvalue weighted by atomic mass is 10.3. The average Bonchev–Trinajstić information content (AvgIpc) is 2.64. The van der Waals surface area contributed by atoms with Gasteiger partial charge in [-0.2, -0.15) is 0 Å². The van der Waals surface area contributed by atoms with Crippen molar-refractivity contribution in [1.29, 1.82) is 0 Å². The molecule has 0 aliphatic heterocycles. The number of imidazole rings is 1. The van der Waals surface area contributed by atoms with Crippen LogP contribution in [0.2, 0.25) is 0 Å². The number of amides is 1. The van der Waals surface area contributed by atoms with E-state index in [2.05, 4.69) is 15.3 Å². The number of fused-ring (bicyclic) bond motifs is 1. The molecule has 3 N–H and O–H groups in total. The fourth-order valence-electron chi connectivity index (χ4n) is 1.91. The second-order valence-electron chi connectivity index (χ2n) is 4.21. The highest BCUT2D eigenvalue weighted by Gasteiger charge is 2.20. The van der Waals surface area contributed by atoms with E-state index in [0.717, 1.165) is 5.69 Å². The molecule has 2 aromatic rings. The van der Waals surface area contributed by atoms with Crippen molar-refractivity contribution in [1.82, 2.24) is 19.9 Å². The molecule has 0 saturated carbocycles. The summed E-state index contributed by atoms with van der Waals surface area (Å²) in [6.07, 6.45) is 0. The van der Waals surface area contributed by atoms with Crippen LogP contribution in [0.15, 0.2) is 12.1 Å². The summed E-state index contributed by atoms with van der Waals surface area (Å²) in [4.78, 5) is 20.5. The Morgan fingerprint density at radius 2 is 2.22 bits per heavy atom. The van der Waals surface area contributed by atoms with Crippen LogP contribution >= 0.6 is 0 Å². The number of anilines is 1. The number of aromatic nitrogens is 3. The lowest BCUT2D eigenvalue weighted by Crippen LogP contribution is -2.31. The maximum atomic E-state index is 11.9. The molecule has 6 heteroatoms. The number of aryl methyl sites for hydroxylation is 1. The molecule has 0 aliphatic rings. The molecule has 0 aliphatic carbocycles. The fraction of sp³-hybridized carbons (Fsp3) is 0.417. The summed E-state index contributed by atoms with van der Waals surface area (Å²) in [5.74, 6) is 0.216. The molecule has 0 saturated heterocycles. The summed E-state index contributed by atoms with van der Waals surface area (Å²) in [6, 6.07) is 3.30. The van der Waals surface area contributed by atoms with E-state index in [0.29, 0.717) is 23.7 Å². The first-order valence-electron chi connectivity index (χ1n) is 5.93. The van der Waals surface area contributed by atoms with Crippen molar-refractivity contribution in [3.05, 3.63) is 17.8 Å². The molecule has 1 atom stereocenters. The number of carbonyl (C=O) groups is 1. The zero-order valence-corrected chi connectivity index (χ0v) is 10.8. The van der Waals surface area contributed by atoms with Crippen LogP contribution in [0.5, 0.6) is 0 Å². The Morgan fingerprint density at radius 1 is 1.50 bits per heavy atom. The van der Waals surface area contributed by atoms with E-state index in [-0.39, 0.29) is 5.91 Å². The Kier molecular flexibility index (Phi) is 3.18. The van der Waals surface area contributed by atoms with Crippen LogP contribution in [-0.2, 0) is 4.79 Å². The second-order valence-corrected chi connectivity index (χ2v) is 4.21. The van der Waals surface area contributed by atoms with Crippen LogP contribution in [0.4, 0.5) is 5.95 Å². The highest BCUT2D eigenvalue weighted by Crippen LogP contribution is 2.21. The van der Waals surface area contributed by atoms with Gasteiger partial charge in [0.1, 0.15) is 11.6 Å². The number of nitrogens with one attached hydrogen (secondary N) is 1. The monoisotopic (exact) mass is 247 g/mol. The summed E-state index contributed by atoms with van der Waals surface area (Å²) >= 11 is 0. The Morgan fingerprint density at radius 3 is 2.89 bits per heavy atom. The number of nitrogens with two attached hydrogens (primary N) is 1. The summed E-state index contributed by atoms with van der Waals surface area (Å²) < 4.78 is 1.66. The van der Waals surface area contributed by atoms with Crippen LogP contribution in [0.1, 0.15) is 25.6 Å². The van der Waals surface area contributed by atoms with Gasteiger partial charge in [0.2, 0.25) is 11.9 Å². The largest absolute Gasteiger partial charge is 0.369 e. The second kappa shape index (κ2) is 4.64. The third kappa shape index (κ3) is 2.01. The summed E-state index contributed by atoms with van der Waals surface area (Å²) in [5, 5.41) is 2.77. The SMILES string of the molecule is CCNC(=O)C(C)n1c(N)nc2ccc(C)nc21. The Bertz CT molecular complexity index is 589. The van der Waals surface area contributed by atoms with Crippen LogP contribution in [0.25, 0.3) is 11.2 Å². The van der Waals surface area contributed by atoms with Crippen molar-refractivity contribution in [2.24, 2.45) is 0 Å². The Balaban J connectivity index is 2.52. The van der Waals surface area contributed by atoms with Gasteiger partial charge in [0.15, 0.2) is 5.65 Å². The van der Waals surface area contributed by atoms with E-state index in [1.54, 1.807) is 11.5 Å². The standard InChI is InChI=1S/C12H17N5O/c1-4-14-11(18)8(3)17-10-9(16-12(17)13)6-5-7(2)15-10/h5-6,8H,4H2,1-3H3,(H2,13,16)(H,14,18). The predicted molar refractivity (Wildman–Crippen MR) is 70.1 cm³/mol. The molecule has 1 amide bonds. The van der Waals surface area contributed by atoms with E-state index < -0.39 is 6.04 Å². The zero-order valence-electron chi connectivity index (χ0n) is 10.8. The fourth-order valence-corrected chi connectivity index (χ4v) is 1.91. The number of hydrogen-bond donors (Lipinski definition) is 2. The maximum Gasteiger partial charge on any atom is 0.242 e. The highest BCUT2D eigenvalue weighted by molar-refractivity contribution is 5.84. The molecule has 0 spiro atoms. The number of pyridine rings is 1. The van der Waals surface area contributed by atoms with Gasteiger partial charge in [0, 0.05) is 12.2 Å². The van der Waals surface area contributed by atoms with Crippen molar-refractivity contribution < 1.29 is 4.79 Å². The van der Waals surface area contributed by atoms with Gasteiger partial charge in [-0.3, -0.25) is 9.36 Å². The smallest absolute Gasteiger partial charge is 0.242 e. The molecular weight excluding hydrogens is 230 g/mol. The van der Waals surface area contributed by atoms with Gasteiger partial charge >= 0.3 is 0 Å².